The smallest absolute Gasteiger partial charge is 0.328 e. The highest BCUT2D eigenvalue weighted by Crippen LogP contribution is 2.47. The molecule has 4 rings (SSSR count). The first kappa shape index (κ1) is 33.9. The van der Waals surface area contributed by atoms with Crippen molar-refractivity contribution in [3.8, 4) is 11.5 Å². The number of benzene rings is 3. The second-order valence-corrected chi connectivity index (χ2v) is 11.1. The molecule has 232 valence electrons. The van der Waals surface area contributed by atoms with Crippen LogP contribution in [0.3, 0.4) is 0 Å². The highest BCUT2D eigenvalue weighted by atomic mass is 35.5. The van der Waals surface area contributed by atoms with E-state index in [-0.39, 0.29) is 22.4 Å². The van der Waals surface area contributed by atoms with Gasteiger partial charge in [0.2, 0.25) is 0 Å². The molecule has 1 aliphatic rings. The van der Waals surface area contributed by atoms with Crippen LogP contribution in [-0.4, -0.2) is 78.3 Å². The Morgan fingerprint density at radius 3 is 2.25 bits per heavy atom. The highest BCUT2D eigenvalue weighted by Gasteiger charge is 2.40. The summed E-state index contributed by atoms with van der Waals surface area (Å²) in [7, 11) is 5.50. The Hall–Kier alpha value is -4.59. The highest BCUT2D eigenvalue weighted by molar-refractivity contribution is 7.99. The molecular formula is C30H30ClN3O9S. The molecule has 3 aromatic rings. The van der Waals surface area contributed by atoms with Gasteiger partial charge in [0.1, 0.15) is 11.5 Å². The first-order valence-corrected chi connectivity index (χ1v) is 14.3. The Kier molecular flexibility index (Phi) is 12.1. The number of nitro benzene ring substituents is 1. The van der Waals surface area contributed by atoms with E-state index in [9.17, 15) is 24.5 Å². The Balaban J connectivity index is 0.000000583. The summed E-state index contributed by atoms with van der Waals surface area (Å²) in [5.74, 6) is -1.82. The maximum absolute atomic E-state index is 14.1. The van der Waals surface area contributed by atoms with Crippen LogP contribution in [0.4, 0.5) is 11.4 Å². The predicted molar refractivity (Wildman–Crippen MR) is 166 cm³/mol. The van der Waals surface area contributed by atoms with Crippen LogP contribution >= 0.6 is 23.4 Å². The zero-order valence-corrected chi connectivity index (χ0v) is 25.5. The Morgan fingerprint density at radius 1 is 1.07 bits per heavy atom. The van der Waals surface area contributed by atoms with E-state index in [1.807, 2.05) is 67.5 Å². The number of non-ortho nitro benzene ring substituents is 1. The minimum absolute atomic E-state index is 0.0667. The van der Waals surface area contributed by atoms with Gasteiger partial charge in [0.25, 0.3) is 11.6 Å². The maximum atomic E-state index is 14.1. The van der Waals surface area contributed by atoms with E-state index in [0.29, 0.717) is 31.0 Å². The largest absolute Gasteiger partial charge is 0.497 e. The Labute approximate surface area is 262 Å². The van der Waals surface area contributed by atoms with Crippen LogP contribution in [0.25, 0.3) is 0 Å². The number of carboxylic acid groups (broad SMARTS) is 2. The van der Waals surface area contributed by atoms with Crippen molar-refractivity contribution >= 4 is 52.6 Å². The summed E-state index contributed by atoms with van der Waals surface area (Å²) in [6.45, 7) is 1.12. The number of thioether (sulfide) groups is 1. The lowest BCUT2D eigenvalue weighted by molar-refractivity contribution is -0.384. The van der Waals surface area contributed by atoms with Crippen molar-refractivity contribution in [2.45, 2.75) is 16.2 Å². The number of hydrogen-bond donors (Lipinski definition) is 2. The fraction of sp³-hybridized carbons (Fsp3) is 0.233. The van der Waals surface area contributed by atoms with E-state index in [0.717, 1.165) is 16.1 Å². The molecule has 0 saturated heterocycles. The molecule has 2 atom stereocenters. The van der Waals surface area contributed by atoms with E-state index < -0.39 is 28.2 Å². The third-order valence-corrected chi connectivity index (χ3v) is 7.83. The molecule has 1 heterocycles. The van der Waals surface area contributed by atoms with Crippen molar-refractivity contribution in [2.75, 3.05) is 39.2 Å². The number of nitro groups is 1. The SMILES string of the molecule is COc1ccc([C@H]2Sc3ccccc3N(CCN(C)C)C(=O)[C@H]2Oc2ccc([N+](=O)[O-])cc2Cl)cc1.O=C(O)/C=C/C(=O)O. The van der Waals surface area contributed by atoms with Gasteiger partial charge < -0.3 is 29.5 Å². The van der Waals surface area contributed by atoms with E-state index >= 15 is 0 Å². The molecule has 14 heteroatoms. The fourth-order valence-electron chi connectivity index (χ4n) is 4.04. The van der Waals surface area contributed by atoms with Gasteiger partial charge in [-0.25, -0.2) is 9.59 Å². The van der Waals surface area contributed by atoms with Gasteiger partial charge in [-0.15, -0.1) is 11.8 Å². The summed E-state index contributed by atoms with van der Waals surface area (Å²) >= 11 is 7.89. The van der Waals surface area contributed by atoms with Gasteiger partial charge in [0.15, 0.2) is 6.10 Å². The molecule has 12 nitrogen and oxygen atoms in total. The molecule has 2 N–H and O–H groups in total. The number of nitrogens with zero attached hydrogens (tertiary/aromatic N) is 3. The van der Waals surface area contributed by atoms with Crippen LogP contribution in [0, 0.1) is 10.1 Å². The number of carboxylic acids is 2. The van der Waals surface area contributed by atoms with E-state index in [4.69, 9.17) is 31.3 Å². The first-order chi connectivity index (χ1) is 20.9. The molecule has 1 aliphatic heterocycles. The van der Waals surface area contributed by atoms with Crippen molar-refractivity contribution < 1.29 is 39.0 Å². The minimum atomic E-state index is -1.26. The molecule has 0 bridgehead atoms. The number of rotatable bonds is 10. The summed E-state index contributed by atoms with van der Waals surface area (Å²) in [6.07, 6.45) is 0.168. The average Bonchev–Trinajstić information content (AvgIpc) is 3.10. The first-order valence-electron chi connectivity index (χ1n) is 13.0. The van der Waals surface area contributed by atoms with Gasteiger partial charge in [-0.1, -0.05) is 35.9 Å². The summed E-state index contributed by atoms with van der Waals surface area (Å²) in [5, 5.41) is 26.4. The number of para-hydroxylation sites is 1. The van der Waals surface area contributed by atoms with E-state index in [1.165, 1.54) is 30.0 Å². The predicted octanol–water partition coefficient (Wildman–Crippen LogP) is 5.16. The van der Waals surface area contributed by atoms with Crippen molar-refractivity contribution in [3.05, 3.63) is 99.6 Å². The quantitative estimate of drug-likeness (QED) is 0.171. The summed E-state index contributed by atoms with van der Waals surface area (Å²) in [4.78, 5) is 48.6. The molecule has 0 aliphatic carbocycles. The topological polar surface area (TPSA) is 160 Å². The normalized spacial score (nSPS) is 16.0. The number of carbonyl (C=O) groups is 3. The van der Waals surface area contributed by atoms with E-state index in [1.54, 1.807) is 12.0 Å². The number of likely N-dealkylation sites (N-methyl/N-ethyl adjacent to an activating group) is 1. The molecular weight excluding hydrogens is 614 g/mol. The lowest BCUT2D eigenvalue weighted by Gasteiger charge is -2.29. The van der Waals surface area contributed by atoms with Crippen LogP contribution in [-0.2, 0) is 14.4 Å². The van der Waals surface area contributed by atoms with Crippen LogP contribution in [0.1, 0.15) is 10.8 Å². The third-order valence-electron chi connectivity index (χ3n) is 6.16. The van der Waals surface area contributed by atoms with Gasteiger partial charge in [0, 0.05) is 42.3 Å². The third kappa shape index (κ3) is 9.20. The fourth-order valence-corrected chi connectivity index (χ4v) is 5.58. The van der Waals surface area contributed by atoms with Crippen molar-refractivity contribution in [1.82, 2.24) is 4.90 Å². The summed E-state index contributed by atoms with van der Waals surface area (Å²) in [5.41, 5.74) is 1.54. The van der Waals surface area contributed by atoms with Gasteiger partial charge in [0.05, 0.1) is 28.0 Å². The Morgan fingerprint density at radius 2 is 1.70 bits per heavy atom. The van der Waals surface area contributed by atoms with Crippen LogP contribution in [0.15, 0.2) is 83.8 Å². The van der Waals surface area contributed by atoms with Crippen molar-refractivity contribution in [1.29, 1.82) is 0 Å². The van der Waals surface area contributed by atoms with Crippen LogP contribution < -0.4 is 14.4 Å². The number of ether oxygens (including phenoxy) is 2. The number of anilines is 1. The number of hydrogen-bond acceptors (Lipinski definition) is 9. The average molecular weight is 644 g/mol. The molecule has 0 saturated carbocycles. The monoisotopic (exact) mass is 643 g/mol. The van der Waals surface area contributed by atoms with Crippen LogP contribution in [0.5, 0.6) is 11.5 Å². The summed E-state index contributed by atoms with van der Waals surface area (Å²) in [6, 6.07) is 19.3. The molecule has 1 amide bonds. The number of methoxy groups -OCH3 is 1. The van der Waals surface area contributed by atoms with Gasteiger partial charge in [-0.3, -0.25) is 14.9 Å². The maximum Gasteiger partial charge on any atom is 0.328 e. The number of halogens is 1. The molecule has 0 unspecified atom stereocenters. The molecule has 0 aromatic heterocycles. The lowest BCUT2D eigenvalue weighted by atomic mass is 10.1. The number of fused-ring (bicyclic) bond motifs is 1. The molecule has 44 heavy (non-hydrogen) atoms. The number of amides is 1. The van der Waals surface area contributed by atoms with Crippen molar-refractivity contribution in [2.24, 2.45) is 0 Å². The Bertz CT molecular complexity index is 1520. The van der Waals surface area contributed by atoms with Crippen molar-refractivity contribution in [3.63, 3.8) is 0 Å². The minimum Gasteiger partial charge on any atom is -0.497 e. The van der Waals surface area contributed by atoms with Gasteiger partial charge >= 0.3 is 11.9 Å². The molecule has 3 aromatic carbocycles. The summed E-state index contributed by atoms with van der Waals surface area (Å²) < 4.78 is 11.6. The molecule has 0 fully saturated rings. The molecule has 0 spiro atoms. The van der Waals surface area contributed by atoms with Gasteiger partial charge in [-0.2, -0.15) is 0 Å². The standard InChI is InChI=1S/C26H26ClN3O5S.C4H4O4/c1-28(2)14-15-29-21-6-4-5-7-23(21)36-25(17-8-11-19(34-3)12-9-17)24(26(29)31)35-22-13-10-18(30(32)33)16-20(22)27;5-3(6)1-2-4(7)8/h4-13,16,24-25H,14-15H2,1-3H3;1-2H,(H,5,6)(H,7,8)/b;2-1+/t24-,25+;/m0./s1. The van der Waals surface area contributed by atoms with E-state index in [2.05, 4.69) is 0 Å². The number of aliphatic carboxylic acids is 2. The van der Waals surface area contributed by atoms with Crippen LogP contribution in [0.2, 0.25) is 5.02 Å². The second-order valence-electron chi connectivity index (χ2n) is 9.49. The second kappa shape index (κ2) is 15.8. The molecule has 0 radical (unpaired) electrons. The zero-order chi connectivity index (χ0) is 32.4. The number of carbonyl (C=O) groups excluding carboxylic acids is 1. The van der Waals surface area contributed by atoms with Gasteiger partial charge in [-0.05, 0) is 50.0 Å². The zero-order valence-electron chi connectivity index (χ0n) is 24.0. The lowest BCUT2D eigenvalue weighted by Crippen LogP contribution is -2.46.